The molecule has 3 heterocycles. The van der Waals surface area contributed by atoms with Gasteiger partial charge in [-0.05, 0) is 56.5 Å². The van der Waals surface area contributed by atoms with Gasteiger partial charge in [-0.15, -0.1) is 0 Å². The number of likely N-dealkylation sites (tertiary alicyclic amines) is 2. The zero-order valence-corrected chi connectivity index (χ0v) is 17.1. The predicted octanol–water partition coefficient (Wildman–Crippen LogP) is 5.19. The Bertz CT molecular complexity index is 888. The van der Waals surface area contributed by atoms with Crippen LogP contribution in [0.3, 0.4) is 0 Å². The molecule has 4 nitrogen and oxygen atoms in total. The maximum Gasteiger partial charge on any atom is 0.111 e. The van der Waals surface area contributed by atoms with Gasteiger partial charge in [0, 0.05) is 25.6 Å². The monoisotopic (exact) mass is 386 g/mol. The molecule has 0 saturated carbocycles. The van der Waals surface area contributed by atoms with Crippen LogP contribution in [0.4, 0.5) is 11.4 Å². The summed E-state index contributed by atoms with van der Waals surface area (Å²) in [7, 11) is 0. The molecule has 150 valence electrons. The van der Waals surface area contributed by atoms with Gasteiger partial charge in [-0.1, -0.05) is 48.9 Å². The lowest BCUT2D eigenvalue weighted by atomic mass is 9.99. The van der Waals surface area contributed by atoms with E-state index in [1.165, 1.54) is 56.6 Å². The van der Waals surface area contributed by atoms with Gasteiger partial charge in [0.2, 0.25) is 0 Å². The molecular weight excluding hydrogens is 356 g/mol. The lowest BCUT2D eigenvalue weighted by Crippen LogP contribution is -2.48. The minimum atomic E-state index is 0.757. The molecule has 2 aromatic carbocycles. The SMILES string of the molecule is c1ccc(C2=Nc3ccccc3N=C(N3CCC(N4CCCCC4)CC3)C2)cc1. The van der Waals surface area contributed by atoms with Gasteiger partial charge in [0.05, 0.1) is 17.1 Å². The van der Waals surface area contributed by atoms with Crippen LogP contribution in [0.25, 0.3) is 0 Å². The van der Waals surface area contributed by atoms with Gasteiger partial charge in [-0.25, -0.2) is 4.99 Å². The highest BCUT2D eigenvalue weighted by molar-refractivity contribution is 6.14. The number of fused-ring (bicyclic) bond motifs is 1. The smallest absolute Gasteiger partial charge is 0.111 e. The molecule has 2 aromatic rings. The zero-order valence-electron chi connectivity index (χ0n) is 17.1. The van der Waals surface area contributed by atoms with Crippen LogP contribution in [-0.2, 0) is 0 Å². The minimum Gasteiger partial charge on any atom is -0.360 e. The van der Waals surface area contributed by atoms with Crippen LogP contribution in [0, 0.1) is 0 Å². The summed E-state index contributed by atoms with van der Waals surface area (Å²) in [5, 5.41) is 0. The summed E-state index contributed by atoms with van der Waals surface area (Å²) in [5.41, 5.74) is 4.28. The van der Waals surface area contributed by atoms with E-state index in [0.717, 1.165) is 42.6 Å². The predicted molar refractivity (Wildman–Crippen MR) is 121 cm³/mol. The van der Waals surface area contributed by atoms with Crippen molar-refractivity contribution in [2.24, 2.45) is 9.98 Å². The molecule has 0 aromatic heterocycles. The third kappa shape index (κ3) is 4.13. The fraction of sp³-hybridized carbons (Fsp3) is 0.440. The number of nitrogens with zero attached hydrogens (tertiary/aromatic N) is 4. The maximum absolute atomic E-state index is 5.09. The van der Waals surface area contributed by atoms with Crippen LogP contribution in [0.5, 0.6) is 0 Å². The van der Waals surface area contributed by atoms with E-state index in [-0.39, 0.29) is 0 Å². The Hall–Kier alpha value is -2.46. The summed E-state index contributed by atoms with van der Waals surface area (Å²) >= 11 is 0. The van der Waals surface area contributed by atoms with Crippen LogP contribution >= 0.6 is 0 Å². The third-order valence-corrected chi connectivity index (χ3v) is 6.56. The molecule has 0 spiro atoms. The van der Waals surface area contributed by atoms with Crippen molar-refractivity contribution in [1.82, 2.24) is 9.80 Å². The Morgan fingerprint density at radius 2 is 1.34 bits per heavy atom. The summed E-state index contributed by atoms with van der Waals surface area (Å²) in [6.07, 6.45) is 7.46. The molecule has 5 rings (SSSR count). The maximum atomic E-state index is 5.09. The number of para-hydroxylation sites is 2. The standard InChI is InChI=1S/C25H30N4/c1-3-9-20(10-4-1)24-19-25(27-23-12-6-5-11-22(23)26-24)29-17-13-21(14-18-29)28-15-7-2-8-16-28/h1,3-6,9-12,21H,2,7-8,13-19H2. The molecule has 4 heteroatoms. The largest absolute Gasteiger partial charge is 0.360 e. The van der Waals surface area contributed by atoms with Crippen LogP contribution in [0.1, 0.15) is 44.1 Å². The van der Waals surface area contributed by atoms with Crippen molar-refractivity contribution in [3.05, 3.63) is 60.2 Å². The van der Waals surface area contributed by atoms with Gasteiger partial charge in [0.1, 0.15) is 5.84 Å². The molecule has 0 radical (unpaired) electrons. The summed E-state index contributed by atoms with van der Waals surface area (Å²) < 4.78 is 0. The Morgan fingerprint density at radius 3 is 2.07 bits per heavy atom. The Balaban J connectivity index is 1.37. The third-order valence-electron chi connectivity index (χ3n) is 6.56. The van der Waals surface area contributed by atoms with Gasteiger partial charge in [0.25, 0.3) is 0 Å². The Labute approximate surface area is 174 Å². The molecule has 0 unspecified atom stereocenters. The van der Waals surface area contributed by atoms with Crippen molar-refractivity contribution < 1.29 is 0 Å². The van der Waals surface area contributed by atoms with Gasteiger partial charge in [-0.2, -0.15) is 0 Å². The Morgan fingerprint density at radius 1 is 0.690 bits per heavy atom. The van der Waals surface area contributed by atoms with Gasteiger partial charge < -0.3 is 9.80 Å². The van der Waals surface area contributed by atoms with E-state index in [1.54, 1.807) is 0 Å². The van der Waals surface area contributed by atoms with E-state index in [4.69, 9.17) is 9.98 Å². The molecule has 0 atom stereocenters. The van der Waals surface area contributed by atoms with Gasteiger partial charge in [0.15, 0.2) is 0 Å². The van der Waals surface area contributed by atoms with E-state index < -0.39 is 0 Å². The highest BCUT2D eigenvalue weighted by Crippen LogP contribution is 2.32. The van der Waals surface area contributed by atoms with E-state index in [9.17, 15) is 0 Å². The zero-order chi connectivity index (χ0) is 19.5. The minimum absolute atomic E-state index is 0.757. The average molecular weight is 387 g/mol. The van der Waals surface area contributed by atoms with Crippen molar-refractivity contribution in [3.63, 3.8) is 0 Å². The number of hydrogen-bond donors (Lipinski definition) is 0. The van der Waals surface area contributed by atoms with Crippen LogP contribution in [-0.4, -0.2) is 53.6 Å². The number of aliphatic imine (C=N–C) groups is 2. The summed E-state index contributed by atoms with van der Waals surface area (Å²) in [4.78, 5) is 15.4. The number of piperidine rings is 2. The second-order valence-electron chi connectivity index (χ2n) is 8.43. The van der Waals surface area contributed by atoms with Crippen LogP contribution in [0.15, 0.2) is 64.6 Å². The van der Waals surface area contributed by atoms with Gasteiger partial charge >= 0.3 is 0 Å². The molecule has 2 fully saturated rings. The molecule has 3 aliphatic heterocycles. The number of rotatable bonds is 2. The molecule has 29 heavy (non-hydrogen) atoms. The second kappa shape index (κ2) is 8.50. The molecule has 2 saturated heterocycles. The second-order valence-corrected chi connectivity index (χ2v) is 8.43. The van der Waals surface area contributed by atoms with Crippen molar-refractivity contribution in [1.29, 1.82) is 0 Å². The van der Waals surface area contributed by atoms with Crippen molar-refractivity contribution >= 4 is 22.9 Å². The summed E-state index contributed by atoms with van der Waals surface area (Å²) in [5.74, 6) is 1.18. The molecule has 0 bridgehead atoms. The number of benzene rings is 2. The number of hydrogen-bond acceptors (Lipinski definition) is 4. The van der Waals surface area contributed by atoms with Gasteiger partial charge in [-0.3, -0.25) is 4.99 Å². The van der Waals surface area contributed by atoms with Crippen molar-refractivity contribution in [2.75, 3.05) is 26.2 Å². The molecule has 0 N–H and O–H groups in total. The topological polar surface area (TPSA) is 31.2 Å². The quantitative estimate of drug-likeness (QED) is 0.711. The summed E-state index contributed by atoms with van der Waals surface area (Å²) in [6, 6.07) is 19.6. The van der Waals surface area contributed by atoms with E-state index >= 15 is 0 Å². The fourth-order valence-electron chi connectivity index (χ4n) is 4.92. The molecule has 0 aliphatic carbocycles. The van der Waals surface area contributed by atoms with Crippen LogP contribution in [0.2, 0.25) is 0 Å². The highest BCUT2D eigenvalue weighted by atomic mass is 15.2. The van der Waals surface area contributed by atoms with Crippen molar-refractivity contribution in [3.8, 4) is 0 Å². The molecule has 3 aliphatic rings. The van der Waals surface area contributed by atoms with E-state index in [0.29, 0.717) is 0 Å². The lowest BCUT2D eigenvalue weighted by molar-refractivity contribution is 0.114. The summed E-state index contributed by atoms with van der Waals surface area (Å²) in [6.45, 7) is 4.79. The molecular formula is C25H30N4. The first-order valence-electron chi connectivity index (χ1n) is 11.2. The van der Waals surface area contributed by atoms with E-state index in [2.05, 4.69) is 64.4 Å². The average Bonchev–Trinajstić information content (AvgIpc) is 3.00. The van der Waals surface area contributed by atoms with Crippen molar-refractivity contribution in [2.45, 2.75) is 44.6 Å². The lowest BCUT2D eigenvalue weighted by Gasteiger charge is -2.41. The Kier molecular flexibility index (Phi) is 5.44. The first-order valence-corrected chi connectivity index (χ1v) is 11.2. The first kappa shape index (κ1) is 18.6. The van der Waals surface area contributed by atoms with Crippen LogP contribution < -0.4 is 0 Å². The normalized spacial score (nSPS) is 21.2. The molecule has 0 amide bonds. The first-order chi connectivity index (χ1) is 14.4. The highest BCUT2D eigenvalue weighted by Gasteiger charge is 2.28. The van der Waals surface area contributed by atoms with E-state index in [1.807, 2.05) is 0 Å². The number of amidine groups is 1. The fourth-order valence-corrected chi connectivity index (χ4v) is 4.92.